The third kappa shape index (κ3) is 13.7. The van der Waals surface area contributed by atoms with Gasteiger partial charge in [-0.25, -0.2) is 0 Å². The van der Waals surface area contributed by atoms with Gasteiger partial charge in [-0.2, -0.15) is 0 Å². The van der Waals surface area contributed by atoms with Crippen LogP contribution in [0.4, 0.5) is 0 Å². The fourth-order valence-electron chi connectivity index (χ4n) is 2.49. The van der Waals surface area contributed by atoms with Crippen molar-refractivity contribution < 1.29 is 62.7 Å². The van der Waals surface area contributed by atoms with Crippen molar-refractivity contribution in [1.29, 1.82) is 0 Å². The first-order valence-corrected chi connectivity index (χ1v) is 8.05. The van der Waals surface area contributed by atoms with Gasteiger partial charge in [-0.1, -0.05) is 75.3 Å². The SMILES string of the molecule is O=C(O)CCCCCCCCCCCc1ccccc1.[H-].[K+]. The van der Waals surface area contributed by atoms with Crippen LogP contribution in [-0.4, -0.2) is 11.1 Å². The van der Waals surface area contributed by atoms with Crippen molar-refractivity contribution in [2.75, 3.05) is 0 Å². The molecule has 3 heteroatoms. The molecular weight excluding hydrogens is 287 g/mol. The summed E-state index contributed by atoms with van der Waals surface area (Å²) in [5, 5.41) is 8.52. The Kier molecular flexibility index (Phi) is 15.5. The second-order valence-corrected chi connectivity index (χ2v) is 5.56. The normalized spacial score (nSPS) is 10.1. The molecule has 0 radical (unpaired) electrons. The van der Waals surface area contributed by atoms with E-state index >= 15 is 0 Å². The van der Waals surface area contributed by atoms with Crippen molar-refractivity contribution in [3.05, 3.63) is 35.9 Å². The van der Waals surface area contributed by atoms with E-state index in [1.54, 1.807) is 0 Å². The molecular formula is C18H29KO2. The van der Waals surface area contributed by atoms with Gasteiger partial charge in [-0.05, 0) is 24.8 Å². The summed E-state index contributed by atoms with van der Waals surface area (Å²) in [5.41, 5.74) is 1.45. The summed E-state index contributed by atoms with van der Waals surface area (Å²) in [5.74, 6) is -0.664. The van der Waals surface area contributed by atoms with E-state index in [9.17, 15) is 4.79 Å². The Balaban J connectivity index is 0. The van der Waals surface area contributed by atoms with Crippen molar-refractivity contribution >= 4 is 5.97 Å². The maximum absolute atomic E-state index is 10.3. The molecule has 0 aliphatic carbocycles. The maximum atomic E-state index is 10.3. The monoisotopic (exact) mass is 316 g/mol. The maximum Gasteiger partial charge on any atom is 1.00 e. The fourth-order valence-corrected chi connectivity index (χ4v) is 2.49. The van der Waals surface area contributed by atoms with Crippen LogP contribution in [0.5, 0.6) is 0 Å². The van der Waals surface area contributed by atoms with Crippen LogP contribution in [0.1, 0.15) is 71.2 Å². The first-order valence-electron chi connectivity index (χ1n) is 8.05. The summed E-state index contributed by atoms with van der Waals surface area (Å²) in [6, 6.07) is 10.7. The molecule has 0 spiro atoms. The minimum atomic E-state index is -0.664. The van der Waals surface area contributed by atoms with Gasteiger partial charge in [0, 0.05) is 6.42 Å². The number of unbranched alkanes of at least 4 members (excludes halogenated alkanes) is 8. The van der Waals surface area contributed by atoms with E-state index in [0.717, 1.165) is 12.8 Å². The summed E-state index contributed by atoms with van der Waals surface area (Å²) in [6.07, 6.45) is 12.5. The molecule has 0 saturated carbocycles. The zero-order chi connectivity index (χ0) is 14.5. The van der Waals surface area contributed by atoms with Gasteiger partial charge < -0.3 is 6.53 Å². The number of rotatable bonds is 12. The molecule has 2 nitrogen and oxygen atoms in total. The predicted octanol–water partition coefficient (Wildman–Crippen LogP) is 2.33. The standard InChI is InChI=1S/C18H28O2.K.H/c19-18(20)16-12-7-5-3-1-2-4-6-9-13-17-14-10-8-11-15-17;;/h8,10-11,14-15H,1-7,9,12-13,16H2,(H,19,20);;/q;+1;-1. The average Bonchev–Trinajstić information content (AvgIpc) is 2.45. The number of benzene rings is 1. The van der Waals surface area contributed by atoms with E-state index in [-0.39, 0.29) is 52.8 Å². The molecule has 0 aromatic heterocycles. The zero-order valence-corrected chi connectivity index (χ0v) is 16.6. The van der Waals surface area contributed by atoms with Gasteiger partial charge in [-0.15, -0.1) is 0 Å². The molecule has 0 amide bonds. The molecule has 1 rings (SSSR count). The molecule has 114 valence electrons. The molecule has 0 fully saturated rings. The van der Waals surface area contributed by atoms with Crippen molar-refractivity contribution in [2.24, 2.45) is 0 Å². The molecule has 21 heavy (non-hydrogen) atoms. The van der Waals surface area contributed by atoms with Gasteiger partial charge in [0.05, 0.1) is 0 Å². The molecule has 0 aliphatic rings. The first kappa shape index (κ1) is 21.3. The van der Waals surface area contributed by atoms with Crippen LogP contribution in [0.15, 0.2) is 30.3 Å². The van der Waals surface area contributed by atoms with Gasteiger partial charge in [0.1, 0.15) is 0 Å². The van der Waals surface area contributed by atoms with Gasteiger partial charge in [0.15, 0.2) is 0 Å². The van der Waals surface area contributed by atoms with E-state index in [4.69, 9.17) is 5.11 Å². The van der Waals surface area contributed by atoms with Crippen molar-refractivity contribution in [3.63, 3.8) is 0 Å². The van der Waals surface area contributed by atoms with Gasteiger partial charge in [-0.3, -0.25) is 4.79 Å². The van der Waals surface area contributed by atoms with E-state index < -0.39 is 5.97 Å². The van der Waals surface area contributed by atoms with Crippen LogP contribution in [0, 0.1) is 0 Å². The molecule has 1 aromatic rings. The van der Waals surface area contributed by atoms with Crippen LogP contribution in [-0.2, 0) is 11.2 Å². The topological polar surface area (TPSA) is 37.3 Å². The van der Waals surface area contributed by atoms with Crippen LogP contribution >= 0.6 is 0 Å². The molecule has 0 aliphatic heterocycles. The Bertz CT molecular complexity index is 357. The van der Waals surface area contributed by atoms with Crippen LogP contribution in [0.2, 0.25) is 0 Å². The number of aryl methyl sites for hydroxylation is 1. The van der Waals surface area contributed by atoms with Gasteiger partial charge in [0.2, 0.25) is 0 Å². The number of hydrogen-bond donors (Lipinski definition) is 1. The Morgan fingerprint density at radius 1 is 0.810 bits per heavy atom. The quantitative estimate of drug-likeness (QED) is 0.475. The summed E-state index contributed by atoms with van der Waals surface area (Å²) < 4.78 is 0. The summed E-state index contributed by atoms with van der Waals surface area (Å²) in [7, 11) is 0. The van der Waals surface area contributed by atoms with Crippen molar-refractivity contribution in [3.8, 4) is 0 Å². The zero-order valence-electron chi connectivity index (χ0n) is 14.5. The van der Waals surface area contributed by atoms with Crippen LogP contribution < -0.4 is 51.4 Å². The molecule has 1 aromatic carbocycles. The summed E-state index contributed by atoms with van der Waals surface area (Å²) in [6.45, 7) is 0. The van der Waals surface area contributed by atoms with Crippen LogP contribution in [0.3, 0.4) is 0 Å². The van der Waals surface area contributed by atoms with E-state index in [0.29, 0.717) is 6.42 Å². The van der Waals surface area contributed by atoms with Gasteiger partial charge in [0.25, 0.3) is 0 Å². The third-order valence-electron chi connectivity index (χ3n) is 3.70. The van der Waals surface area contributed by atoms with Crippen molar-refractivity contribution in [2.45, 2.75) is 70.6 Å². The van der Waals surface area contributed by atoms with E-state index in [2.05, 4.69) is 30.3 Å². The Labute approximate surface area is 173 Å². The Morgan fingerprint density at radius 2 is 1.29 bits per heavy atom. The minimum absolute atomic E-state index is 0. The fraction of sp³-hybridized carbons (Fsp3) is 0.611. The Morgan fingerprint density at radius 3 is 1.81 bits per heavy atom. The van der Waals surface area contributed by atoms with Crippen molar-refractivity contribution in [1.82, 2.24) is 0 Å². The van der Waals surface area contributed by atoms with Crippen LogP contribution in [0.25, 0.3) is 0 Å². The molecule has 0 heterocycles. The largest absolute Gasteiger partial charge is 1.00 e. The second kappa shape index (κ2) is 15.2. The smallest absolute Gasteiger partial charge is 1.00 e. The Hall–Kier alpha value is 0.326. The molecule has 0 bridgehead atoms. The summed E-state index contributed by atoms with van der Waals surface area (Å²) in [4.78, 5) is 10.3. The second-order valence-electron chi connectivity index (χ2n) is 5.56. The number of carboxylic acid groups (broad SMARTS) is 1. The molecule has 0 unspecified atom stereocenters. The average molecular weight is 317 g/mol. The molecule has 1 N–H and O–H groups in total. The minimum Gasteiger partial charge on any atom is -1.00 e. The first-order chi connectivity index (χ1) is 9.79. The molecule has 0 saturated heterocycles. The number of carbonyl (C=O) groups is 1. The number of carboxylic acids is 1. The predicted molar refractivity (Wildman–Crippen MR) is 85.1 cm³/mol. The van der Waals surface area contributed by atoms with E-state index in [1.807, 2.05) is 0 Å². The summed E-state index contributed by atoms with van der Waals surface area (Å²) >= 11 is 0. The number of hydrogen-bond acceptors (Lipinski definition) is 1. The number of aliphatic carboxylic acids is 1. The molecule has 0 atom stereocenters. The van der Waals surface area contributed by atoms with Gasteiger partial charge >= 0.3 is 57.4 Å². The third-order valence-corrected chi connectivity index (χ3v) is 3.70. The van der Waals surface area contributed by atoms with E-state index in [1.165, 1.54) is 56.9 Å².